The lowest BCUT2D eigenvalue weighted by Gasteiger charge is -2.60. The molecule has 0 N–H and O–H groups in total. The molecule has 4 aromatic carbocycles. The highest BCUT2D eigenvalue weighted by Crippen LogP contribution is 2.54. The fourth-order valence-electron chi connectivity index (χ4n) is 10.3. The Morgan fingerprint density at radius 2 is 1.38 bits per heavy atom. The molecular formula is C42H43N5. The maximum atomic E-state index is 2.72. The van der Waals surface area contributed by atoms with Crippen LogP contribution in [0.25, 0.3) is 32.9 Å². The second-order valence-electron chi connectivity index (χ2n) is 14.9. The van der Waals surface area contributed by atoms with E-state index in [0.29, 0.717) is 18.0 Å². The summed E-state index contributed by atoms with van der Waals surface area (Å²) < 4.78 is 4.81. The SMILES string of the molecule is C[C@H]1C2CCC(c3ccccc32)N1c1cc2cc(-c3ccc4c(c3)N3CCC4(C)N(c4cc5ccccc5n4C)[C@H]3C)ccc2n1C. The summed E-state index contributed by atoms with van der Waals surface area (Å²) in [6, 6.07) is 38.1. The Balaban J connectivity index is 1.03. The summed E-state index contributed by atoms with van der Waals surface area (Å²) in [5.74, 6) is 3.25. The van der Waals surface area contributed by atoms with Gasteiger partial charge in [-0.05, 0) is 98.7 Å². The van der Waals surface area contributed by atoms with Crippen molar-refractivity contribution in [1.82, 2.24) is 9.13 Å². The Kier molecular flexibility index (Phi) is 5.53. The third-order valence-electron chi connectivity index (χ3n) is 12.7. The van der Waals surface area contributed by atoms with Gasteiger partial charge in [-0.25, -0.2) is 0 Å². The number of anilines is 3. The highest BCUT2D eigenvalue weighted by molar-refractivity contribution is 5.91. The lowest BCUT2D eigenvalue weighted by atomic mass is 9.71. The molecule has 5 atom stereocenters. The Morgan fingerprint density at radius 3 is 2.23 bits per heavy atom. The molecule has 0 radical (unpaired) electrons. The summed E-state index contributed by atoms with van der Waals surface area (Å²) in [4.78, 5) is 8.02. The summed E-state index contributed by atoms with van der Waals surface area (Å²) in [7, 11) is 4.47. The summed E-state index contributed by atoms with van der Waals surface area (Å²) >= 11 is 0. The number of piperidine rings is 1. The van der Waals surface area contributed by atoms with E-state index in [4.69, 9.17) is 0 Å². The van der Waals surface area contributed by atoms with Gasteiger partial charge >= 0.3 is 0 Å². The van der Waals surface area contributed by atoms with E-state index in [2.05, 4.69) is 156 Å². The largest absolute Gasteiger partial charge is 0.351 e. The van der Waals surface area contributed by atoms with E-state index in [1.165, 1.54) is 74.2 Å². The first-order valence-corrected chi connectivity index (χ1v) is 17.6. The Bertz CT molecular complexity index is 2240. The Morgan fingerprint density at radius 1 is 0.681 bits per heavy atom. The molecule has 2 fully saturated rings. The zero-order valence-corrected chi connectivity index (χ0v) is 28.1. The first-order chi connectivity index (χ1) is 22.8. The molecule has 6 aromatic rings. The number of rotatable bonds is 3. The smallest absolute Gasteiger partial charge is 0.111 e. The molecule has 3 unspecified atom stereocenters. The molecule has 12 rings (SSSR count). The predicted molar refractivity (Wildman–Crippen MR) is 196 cm³/mol. The predicted octanol–water partition coefficient (Wildman–Crippen LogP) is 9.46. The van der Waals surface area contributed by atoms with E-state index in [1.807, 2.05) is 0 Å². The van der Waals surface area contributed by atoms with E-state index in [0.717, 1.165) is 13.0 Å². The number of para-hydroxylation sites is 1. The normalized spacial score (nSPS) is 26.0. The van der Waals surface area contributed by atoms with Crippen LogP contribution >= 0.6 is 0 Å². The van der Waals surface area contributed by atoms with Crippen molar-refractivity contribution in [2.75, 3.05) is 21.2 Å². The average Bonchev–Trinajstić information content (AvgIpc) is 3.60. The minimum Gasteiger partial charge on any atom is -0.351 e. The molecule has 5 nitrogen and oxygen atoms in total. The molecule has 0 spiro atoms. The van der Waals surface area contributed by atoms with Gasteiger partial charge in [0, 0.05) is 65.7 Å². The van der Waals surface area contributed by atoms with Crippen LogP contribution in [-0.2, 0) is 19.6 Å². The summed E-state index contributed by atoms with van der Waals surface area (Å²) in [6.45, 7) is 8.36. The van der Waals surface area contributed by atoms with Gasteiger partial charge in [0.1, 0.15) is 17.8 Å². The van der Waals surface area contributed by atoms with E-state index in [1.54, 1.807) is 5.56 Å². The molecule has 1 aliphatic carbocycles. The molecule has 2 aromatic heterocycles. The number of fused-ring (bicyclic) bond motifs is 6. The first kappa shape index (κ1) is 27.5. The average molecular weight is 618 g/mol. The van der Waals surface area contributed by atoms with Crippen molar-refractivity contribution in [3.8, 4) is 11.1 Å². The van der Waals surface area contributed by atoms with Crippen LogP contribution in [0.2, 0.25) is 0 Å². The molecule has 47 heavy (non-hydrogen) atoms. The highest BCUT2D eigenvalue weighted by atomic mass is 15.5. The molecule has 0 saturated carbocycles. The summed E-state index contributed by atoms with van der Waals surface area (Å²) in [5, 5.41) is 2.63. The maximum absolute atomic E-state index is 2.72. The fraction of sp³-hybridized carbons (Fsp3) is 0.333. The minimum absolute atomic E-state index is 0.0639. The Labute approximate surface area is 277 Å². The van der Waals surface area contributed by atoms with Gasteiger partial charge in [-0.15, -0.1) is 0 Å². The maximum Gasteiger partial charge on any atom is 0.111 e. The molecule has 236 valence electrons. The van der Waals surface area contributed by atoms with Crippen molar-refractivity contribution in [2.45, 2.75) is 69.7 Å². The molecule has 4 bridgehead atoms. The van der Waals surface area contributed by atoms with Crippen molar-refractivity contribution < 1.29 is 0 Å². The number of aromatic nitrogens is 2. The fourth-order valence-corrected chi connectivity index (χ4v) is 10.3. The van der Waals surface area contributed by atoms with E-state index in [9.17, 15) is 0 Å². The van der Waals surface area contributed by atoms with Crippen molar-refractivity contribution in [3.05, 3.63) is 114 Å². The monoisotopic (exact) mass is 617 g/mol. The van der Waals surface area contributed by atoms with Crippen LogP contribution < -0.4 is 14.7 Å². The third kappa shape index (κ3) is 3.55. The van der Waals surface area contributed by atoms with Crippen molar-refractivity contribution in [3.63, 3.8) is 0 Å². The molecule has 2 saturated heterocycles. The van der Waals surface area contributed by atoms with Crippen LogP contribution in [0.4, 0.5) is 17.3 Å². The lowest BCUT2D eigenvalue weighted by Crippen LogP contribution is -2.66. The van der Waals surface area contributed by atoms with Crippen LogP contribution in [0, 0.1) is 0 Å². The van der Waals surface area contributed by atoms with Crippen LogP contribution in [0.3, 0.4) is 0 Å². The van der Waals surface area contributed by atoms with Crippen LogP contribution in [-0.4, -0.2) is 27.9 Å². The number of benzene rings is 4. The third-order valence-corrected chi connectivity index (χ3v) is 12.7. The second kappa shape index (κ2) is 9.47. The molecular weight excluding hydrogens is 574 g/mol. The minimum atomic E-state index is -0.0639. The van der Waals surface area contributed by atoms with Crippen molar-refractivity contribution in [1.29, 1.82) is 0 Å². The van der Waals surface area contributed by atoms with Gasteiger partial charge in [-0.1, -0.05) is 60.7 Å². The summed E-state index contributed by atoms with van der Waals surface area (Å²) in [5.41, 5.74) is 11.1. The van der Waals surface area contributed by atoms with Crippen molar-refractivity contribution in [2.24, 2.45) is 14.1 Å². The van der Waals surface area contributed by atoms with Gasteiger partial charge in [0.2, 0.25) is 0 Å². The number of aryl methyl sites for hydroxylation is 2. The number of hydrogen-bond acceptors (Lipinski definition) is 3. The molecule has 5 heteroatoms. The van der Waals surface area contributed by atoms with E-state index >= 15 is 0 Å². The topological polar surface area (TPSA) is 19.6 Å². The van der Waals surface area contributed by atoms with Gasteiger partial charge in [0.25, 0.3) is 0 Å². The molecule has 5 aliphatic heterocycles. The van der Waals surface area contributed by atoms with Gasteiger partial charge < -0.3 is 23.8 Å². The molecule has 7 heterocycles. The first-order valence-electron chi connectivity index (χ1n) is 17.6. The number of nitrogens with zero attached hydrogens (tertiary/aromatic N) is 5. The lowest BCUT2D eigenvalue weighted by molar-refractivity contribution is 0.290. The zero-order valence-electron chi connectivity index (χ0n) is 28.1. The zero-order chi connectivity index (χ0) is 31.8. The van der Waals surface area contributed by atoms with E-state index in [-0.39, 0.29) is 11.7 Å². The standard InChI is InChI=1S/C42H43N5/c1-26-32-16-19-38(34-12-8-7-11-33(32)34)46(26)40-25-31-22-28(15-18-37(31)43(40)4)29-14-17-35-39(23-29)45-21-20-42(35,3)47(27(45)2)41-24-30-10-6-9-13-36(30)44(41)5/h6-15,17-18,22-27,32,38H,16,19-21H2,1-5H3/t26-,27-,32?,38?,42?/m0/s1. The quantitative estimate of drug-likeness (QED) is 0.197. The van der Waals surface area contributed by atoms with Crippen LogP contribution in [0.5, 0.6) is 0 Å². The van der Waals surface area contributed by atoms with Gasteiger partial charge in [0.15, 0.2) is 0 Å². The molecule has 6 aliphatic rings. The number of hydrogen-bond donors (Lipinski definition) is 0. The van der Waals surface area contributed by atoms with Gasteiger partial charge in [0.05, 0.1) is 11.6 Å². The van der Waals surface area contributed by atoms with Crippen LogP contribution in [0.15, 0.2) is 97.1 Å². The molecule has 0 amide bonds. The van der Waals surface area contributed by atoms with Crippen LogP contribution in [0.1, 0.15) is 68.7 Å². The summed E-state index contributed by atoms with van der Waals surface area (Å²) in [6.07, 6.45) is 3.91. The Hall–Kier alpha value is -4.64. The van der Waals surface area contributed by atoms with Gasteiger partial charge in [-0.2, -0.15) is 0 Å². The van der Waals surface area contributed by atoms with Gasteiger partial charge in [-0.3, -0.25) is 0 Å². The second-order valence-corrected chi connectivity index (χ2v) is 14.9. The van der Waals surface area contributed by atoms with Crippen molar-refractivity contribution >= 4 is 39.1 Å². The highest BCUT2D eigenvalue weighted by Gasteiger charge is 2.50. The van der Waals surface area contributed by atoms with E-state index < -0.39 is 0 Å².